The van der Waals surface area contributed by atoms with Crippen molar-refractivity contribution in [3.63, 3.8) is 0 Å². The molecular weight excluding hydrogens is 181 g/mol. The van der Waals surface area contributed by atoms with Crippen LogP contribution in [0, 0.1) is 23.7 Å². The van der Waals surface area contributed by atoms with Gasteiger partial charge in [0, 0.05) is 5.92 Å². The van der Waals surface area contributed by atoms with Gasteiger partial charge in [-0.15, -0.1) is 0 Å². The summed E-state index contributed by atoms with van der Waals surface area (Å²) < 4.78 is 13.6. The number of hydrogen-bond donors (Lipinski definition) is 2. The predicted molar refractivity (Wildman–Crippen MR) is 55.6 cm³/mol. The molecule has 0 saturated heterocycles. The zero-order valence-corrected chi connectivity index (χ0v) is 9.28. The van der Waals surface area contributed by atoms with Gasteiger partial charge in [-0.25, -0.2) is 4.39 Å². The summed E-state index contributed by atoms with van der Waals surface area (Å²) in [5.74, 6) is 0.771. The van der Waals surface area contributed by atoms with Crippen molar-refractivity contribution in [1.29, 1.82) is 0 Å². The molecule has 2 nitrogen and oxygen atoms in total. The molecule has 84 valence electrons. The lowest BCUT2D eigenvalue weighted by Gasteiger charge is -2.42. The molecule has 1 fully saturated rings. The van der Waals surface area contributed by atoms with Gasteiger partial charge in [-0.05, 0) is 30.7 Å². The zero-order valence-electron chi connectivity index (χ0n) is 9.28. The Morgan fingerprint density at radius 2 is 2.07 bits per heavy atom. The van der Waals surface area contributed by atoms with E-state index in [1.165, 1.54) is 0 Å². The molecule has 0 radical (unpaired) electrons. The number of rotatable bonds is 2. The molecular formula is C11H22FNO. The molecule has 0 heterocycles. The highest BCUT2D eigenvalue weighted by Crippen LogP contribution is 2.39. The maximum absolute atomic E-state index is 13.6. The molecule has 0 bridgehead atoms. The number of aliphatic hydroxyl groups excluding tert-OH is 1. The van der Waals surface area contributed by atoms with Crippen LogP contribution in [0.3, 0.4) is 0 Å². The minimum Gasteiger partial charge on any atom is -0.390 e. The number of halogens is 1. The van der Waals surface area contributed by atoms with Crippen molar-refractivity contribution < 1.29 is 9.50 Å². The first kappa shape index (κ1) is 11.9. The standard InChI is InChI=1S/C11H22FNO/c1-6(2)9-4-8(5-13)10(12)11(14)7(9)3/h6-11,14H,4-5,13H2,1-3H3/t7-,8?,9?,10+,11?/m0/s1. The van der Waals surface area contributed by atoms with E-state index < -0.39 is 12.3 Å². The fourth-order valence-electron chi connectivity index (χ4n) is 2.62. The van der Waals surface area contributed by atoms with Gasteiger partial charge in [0.05, 0.1) is 6.10 Å². The van der Waals surface area contributed by atoms with E-state index in [4.69, 9.17) is 5.73 Å². The van der Waals surface area contributed by atoms with E-state index in [-0.39, 0.29) is 11.8 Å². The van der Waals surface area contributed by atoms with Crippen molar-refractivity contribution in [3.8, 4) is 0 Å². The van der Waals surface area contributed by atoms with Crippen LogP contribution in [0.2, 0.25) is 0 Å². The third kappa shape index (κ3) is 2.09. The third-order valence-corrected chi connectivity index (χ3v) is 3.72. The molecule has 0 amide bonds. The molecule has 5 atom stereocenters. The largest absolute Gasteiger partial charge is 0.390 e. The van der Waals surface area contributed by atoms with Gasteiger partial charge < -0.3 is 10.8 Å². The first-order valence-corrected chi connectivity index (χ1v) is 5.51. The van der Waals surface area contributed by atoms with Gasteiger partial charge in [0.15, 0.2) is 0 Å². The van der Waals surface area contributed by atoms with Crippen LogP contribution in [0.5, 0.6) is 0 Å². The smallest absolute Gasteiger partial charge is 0.130 e. The van der Waals surface area contributed by atoms with E-state index >= 15 is 0 Å². The quantitative estimate of drug-likeness (QED) is 0.715. The first-order chi connectivity index (χ1) is 6.49. The van der Waals surface area contributed by atoms with Crippen LogP contribution in [0.15, 0.2) is 0 Å². The molecule has 0 aliphatic heterocycles. The Morgan fingerprint density at radius 3 is 2.50 bits per heavy atom. The van der Waals surface area contributed by atoms with E-state index in [9.17, 15) is 9.50 Å². The average Bonchev–Trinajstić information content (AvgIpc) is 2.14. The second-order valence-electron chi connectivity index (χ2n) is 4.93. The Kier molecular flexibility index (Phi) is 3.90. The summed E-state index contributed by atoms with van der Waals surface area (Å²) in [7, 11) is 0. The molecule has 0 aromatic carbocycles. The summed E-state index contributed by atoms with van der Waals surface area (Å²) in [4.78, 5) is 0. The molecule has 1 rings (SSSR count). The lowest BCUT2D eigenvalue weighted by molar-refractivity contribution is -0.0627. The number of hydrogen-bond acceptors (Lipinski definition) is 2. The maximum atomic E-state index is 13.6. The van der Waals surface area contributed by atoms with Gasteiger partial charge in [-0.1, -0.05) is 20.8 Å². The SMILES string of the molecule is CC(C)C1CC(CN)[C@@H](F)C(O)[C@H]1C. The number of nitrogens with two attached hydrogens (primary N) is 1. The number of aliphatic hydroxyl groups is 1. The molecule has 14 heavy (non-hydrogen) atoms. The van der Waals surface area contributed by atoms with Crippen molar-refractivity contribution in [2.75, 3.05) is 6.54 Å². The summed E-state index contributed by atoms with van der Waals surface area (Å²) >= 11 is 0. The first-order valence-electron chi connectivity index (χ1n) is 5.51. The normalized spacial score (nSPS) is 44.4. The summed E-state index contributed by atoms with van der Waals surface area (Å²) in [5, 5.41) is 9.74. The van der Waals surface area contributed by atoms with Crippen LogP contribution in [0.1, 0.15) is 27.2 Å². The van der Waals surface area contributed by atoms with Crippen molar-refractivity contribution in [3.05, 3.63) is 0 Å². The minimum atomic E-state index is -1.13. The van der Waals surface area contributed by atoms with Crippen molar-refractivity contribution in [2.45, 2.75) is 39.5 Å². The lowest BCUT2D eigenvalue weighted by Crippen LogP contribution is -2.48. The lowest BCUT2D eigenvalue weighted by atomic mass is 9.68. The zero-order chi connectivity index (χ0) is 10.9. The Morgan fingerprint density at radius 1 is 1.50 bits per heavy atom. The topological polar surface area (TPSA) is 46.2 Å². The molecule has 3 N–H and O–H groups in total. The summed E-state index contributed by atoms with van der Waals surface area (Å²) in [6.07, 6.45) is -1.15. The molecule has 0 aromatic heterocycles. The van der Waals surface area contributed by atoms with E-state index in [1.54, 1.807) is 0 Å². The molecule has 1 aliphatic carbocycles. The Balaban J connectivity index is 2.73. The highest BCUT2D eigenvalue weighted by Gasteiger charge is 2.42. The Labute approximate surface area is 85.7 Å². The van der Waals surface area contributed by atoms with Crippen LogP contribution in [-0.4, -0.2) is 23.9 Å². The molecule has 0 aromatic rings. The van der Waals surface area contributed by atoms with Gasteiger partial charge in [0.25, 0.3) is 0 Å². The molecule has 1 aliphatic rings. The van der Waals surface area contributed by atoms with Crippen molar-refractivity contribution in [2.24, 2.45) is 29.4 Å². The van der Waals surface area contributed by atoms with Crippen LogP contribution < -0.4 is 5.73 Å². The molecule has 3 unspecified atom stereocenters. The van der Waals surface area contributed by atoms with E-state index in [0.717, 1.165) is 6.42 Å². The van der Waals surface area contributed by atoms with Crippen LogP contribution in [0.25, 0.3) is 0 Å². The van der Waals surface area contributed by atoms with Gasteiger partial charge in [-0.2, -0.15) is 0 Å². The van der Waals surface area contributed by atoms with Crippen LogP contribution in [-0.2, 0) is 0 Å². The van der Waals surface area contributed by atoms with E-state index in [1.807, 2.05) is 6.92 Å². The maximum Gasteiger partial charge on any atom is 0.130 e. The summed E-state index contributed by atoms with van der Waals surface area (Å²) in [6, 6.07) is 0. The van der Waals surface area contributed by atoms with Gasteiger partial charge in [0.2, 0.25) is 0 Å². The fourth-order valence-corrected chi connectivity index (χ4v) is 2.62. The molecule has 0 spiro atoms. The number of alkyl halides is 1. The van der Waals surface area contributed by atoms with E-state index in [2.05, 4.69) is 13.8 Å². The second-order valence-corrected chi connectivity index (χ2v) is 4.93. The van der Waals surface area contributed by atoms with Crippen molar-refractivity contribution in [1.82, 2.24) is 0 Å². The van der Waals surface area contributed by atoms with E-state index in [0.29, 0.717) is 18.4 Å². The second kappa shape index (κ2) is 4.58. The average molecular weight is 203 g/mol. The molecule has 3 heteroatoms. The highest BCUT2D eigenvalue weighted by atomic mass is 19.1. The van der Waals surface area contributed by atoms with Crippen LogP contribution >= 0.6 is 0 Å². The van der Waals surface area contributed by atoms with Gasteiger partial charge in [-0.3, -0.25) is 0 Å². The fraction of sp³-hybridized carbons (Fsp3) is 1.00. The minimum absolute atomic E-state index is 0.0489. The van der Waals surface area contributed by atoms with Gasteiger partial charge >= 0.3 is 0 Å². The van der Waals surface area contributed by atoms with Crippen molar-refractivity contribution >= 4 is 0 Å². The van der Waals surface area contributed by atoms with Gasteiger partial charge in [0.1, 0.15) is 6.17 Å². The summed E-state index contributed by atoms with van der Waals surface area (Å²) in [6.45, 7) is 6.53. The Hall–Kier alpha value is -0.150. The molecule has 1 saturated carbocycles. The predicted octanol–water partition coefficient (Wildman–Crippen LogP) is 1.57. The monoisotopic (exact) mass is 203 g/mol. The Bertz CT molecular complexity index is 184. The third-order valence-electron chi connectivity index (χ3n) is 3.72. The summed E-state index contributed by atoms with van der Waals surface area (Å²) in [5.41, 5.74) is 5.51. The van der Waals surface area contributed by atoms with Crippen LogP contribution in [0.4, 0.5) is 4.39 Å². The highest BCUT2D eigenvalue weighted by molar-refractivity contribution is 4.91.